The van der Waals surface area contributed by atoms with Crippen LogP contribution in [0.15, 0.2) is 36.8 Å². The van der Waals surface area contributed by atoms with Crippen molar-refractivity contribution < 1.29 is 5.11 Å². The molecule has 0 amide bonds. The van der Waals surface area contributed by atoms with Gasteiger partial charge in [-0.15, -0.1) is 0 Å². The van der Waals surface area contributed by atoms with Gasteiger partial charge in [-0.05, 0) is 36.6 Å². The molecular formula is C18H24N6O. The molecule has 0 fully saturated rings. The van der Waals surface area contributed by atoms with E-state index in [1.807, 2.05) is 31.3 Å². The molecule has 7 heteroatoms. The van der Waals surface area contributed by atoms with Gasteiger partial charge in [0.1, 0.15) is 18.4 Å². The van der Waals surface area contributed by atoms with Crippen molar-refractivity contribution in [2.24, 2.45) is 5.92 Å². The summed E-state index contributed by atoms with van der Waals surface area (Å²) in [6.07, 6.45) is 4.51. The van der Waals surface area contributed by atoms with Gasteiger partial charge >= 0.3 is 0 Å². The van der Waals surface area contributed by atoms with Crippen LogP contribution in [0.3, 0.4) is 0 Å². The van der Waals surface area contributed by atoms with Gasteiger partial charge in [0.25, 0.3) is 0 Å². The molecule has 2 aromatic heterocycles. The Labute approximate surface area is 147 Å². The highest BCUT2D eigenvalue weighted by molar-refractivity contribution is 5.86. The maximum Gasteiger partial charge on any atom is 0.168 e. The second-order valence-electron chi connectivity index (χ2n) is 6.22. The van der Waals surface area contributed by atoms with E-state index in [0.717, 1.165) is 41.1 Å². The normalized spacial score (nSPS) is 13.6. The second-order valence-corrected chi connectivity index (χ2v) is 6.22. The van der Waals surface area contributed by atoms with Crippen LogP contribution < -0.4 is 10.6 Å². The predicted molar refractivity (Wildman–Crippen MR) is 99.9 cm³/mol. The van der Waals surface area contributed by atoms with Crippen molar-refractivity contribution in [3.05, 3.63) is 36.8 Å². The van der Waals surface area contributed by atoms with Crippen LogP contribution in [-0.2, 0) is 0 Å². The fourth-order valence-corrected chi connectivity index (χ4v) is 2.73. The van der Waals surface area contributed by atoms with Gasteiger partial charge in [-0.1, -0.05) is 20.3 Å². The Morgan fingerprint density at radius 3 is 2.64 bits per heavy atom. The van der Waals surface area contributed by atoms with Crippen LogP contribution in [0.2, 0.25) is 0 Å². The van der Waals surface area contributed by atoms with Gasteiger partial charge in [-0.25, -0.2) is 14.6 Å². The van der Waals surface area contributed by atoms with E-state index in [9.17, 15) is 5.11 Å². The van der Waals surface area contributed by atoms with Gasteiger partial charge in [-0.3, -0.25) is 0 Å². The molecule has 25 heavy (non-hydrogen) atoms. The molecule has 2 atom stereocenters. The Kier molecular flexibility index (Phi) is 5.14. The lowest BCUT2D eigenvalue weighted by atomic mass is 10.0. The first kappa shape index (κ1) is 17.2. The van der Waals surface area contributed by atoms with Gasteiger partial charge < -0.3 is 15.7 Å². The number of nitrogens with one attached hydrogen (secondary N) is 2. The largest absolute Gasteiger partial charge is 0.374 e. The lowest BCUT2D eigenvalue weighted by Crippen LogP contribution is -2.21. The first-order chi connectivity index (χ1) is 12.1. The molecule has 0 saturated heterocycles. The topological polar surface area (TPSA) is 87.9 Å². The van der Waals surface area contributed by atoms with Crippen molar-refractivity contribution in [2.45, 2.75) is 32.9 Å². The molecule has 3 aromatic rings. The molecule has 0 saturated carbocycles. The average molecular weight is 340 g/mol. The standard InChI is InChI=1S/C18H24N6O/c1-4-12(2)9-16(25)23-13-5-7-14(8-6-13)24-18-15(10-22-24)17(19-3)20-11-21-18/h5-8,10-12,16,23,25H,4,9H2,1-3H3,(H,19,20,21). The molecule has 3 N–H and O–H groups in total. The monoisotopic (exact) mass is 340 g/mol. The van der Waals surface area contributed by atoms with E-state index >= 15 is 0 Å². The van der Waals surface area contributed by atoms with E-state index in [-0.39, 0.29) is 0 Å². The van der Waals surface area contributed by atoms with Gasteiger partial charge in [0.05, 0.1) is 17.3 Å². The van der Waals surface area contributed by atoms with Crippen LogP contribution in [0, 0.1) is 5.92 Å². The molecule has 7 nitrogen and oxygen atoms in total. The van der Waals surface area contributed by atoms with Crippen LogP contribution >= 0.6 is 0 Å². The summed E-state index contributed by atoms with van der Waals surface area (Å²) in [5.41, 5.74) is 2.52. The smallest absolute Gasteiger partial charge is 0.168 e. The van der Waals surface area contributed by atoms with Crippen LogP contribution in [0.1, 0.15) is 26.7 Å². The molecule has 0 aliphatic carbocycles. The number of hydrogen-bond acceptors (Lipinski definition) is 6. The minimum Gasteiger partial charge on any atom is -0.374 e. The lowest BCUT2D eigenvalue weighted by Gasteiger charge is -2.17. The summed E-state index contributed by atoms with van der Waals surface area (Å²) in [5.74, 6) is 1.24. The maximum absolute atomic E-state index is 10.1. The van der Waals surface area contributed by atoms with Crippen molar-refractivity contribution in [1.29, 1.82) is 0 Å². The first-order valence-corrected chi connectivity index (χ1v) is 8.54. The van der Waals surface area contributed by atoms with E-state index in [0.29, 0.717) is 5.92 Å². The van der Waals surface area contributed by atoms with Crippen LogP contribution in [-0.4, -0.2) is 38.1 Å². The number of benzene rings is 1. The minimum absolute atomic E-state index is 0.485. The quantitative estimate of drug-likeness (QED) is 0.573. The summed E-state index contributed by atoms with van der Waals surface area (Å²) in [6, 6.07) is 7.77. The predicted octanol–water partition coefficient (Wildman–Crippen LogP) is 3.02. The van der Waals surface area contributed by atoms with E-state index < -0.39 is 6.23 Å². The zero-order valence-corrected chi connectivity index (χ0v) is 14.8. The second kappa shape index (κ2) is 7.48. The van der Waals surface area contributed by atoms with Gasteiger partial charge in [0, 0.05) is 12.7 Å². The fourth-order valence-electron chi connectivity index (χ4n) is 2.73. The average Bonchev–Trinajstić information content (AvgIpc) is 3.06. The highest BCUT2D eigenvalue weighted by Gasteiger charge is 2.11. The van der Waals surface area contributed by atoms with Crippen LogP contribution in [0.25, 0.3) is 16.7 Å². The number of nitrogens with zero attached hydrogens (tertiary/aromatic N) is 4. The number of aliphatic hydroxyl groups is 1. The Morgan fingerprint density at radius 2 is 1.96 bits per heavy atom. The summed E-state index contributed by atoms with van der Waals surface area (Å²) < 4.78 is 1.78. The van der Waals surface area contributed by atoms with Gasteiger partial charge in [0.15, 0.2) is 5.65 Å². The zero-order valence-electron chi connectivity index (χ0n) is 14.8. The molecule has 0 aliphatic heterocycles. The Balaban J connectivity index is 1.79. The number of aliphatic hydroxyl groups excluding tert-OH is 1. The minimum atomic E-state index is -0.544. The lowest BCUT2D eigenvalue weighted by molar-refractivity contribution is 0.171. The number of aromatic nitrogens is 4. The highest BCUT2D eigenvalue weighted by Crippen LogP contribution is 2.22. The molecule has 0 aliphatic rings. The fraction of sp³-hybridized carbons (Fsp3) is 0.389. The van der Waals surface area contributed by atoms with Gasteiger partial charge in [-0.2, -0.15) is 5.10 Å². The van der Waals surface area contributed by atoms with Gasteiger partial charge in [0.2, 0.25) is 0 Å². The molecule has 0 bridgehead atoms. The van der Waals surface area contributed by atoms with E-state index in [1.54, 1.807) is 10.9 Å². The van der Waals surface area contributed by atoms with E-state index in [2.05, 4.69) is 39.5 Å². The molecule has 1 aromatic carbocycles. The number of anilines is 2. The Morgan fingerprint density at radius 1 is 1.20 bits per heavy atom. The highest BCUT2D eigenvalue weighted by atomic mass is 16.3. The van der Waals surface area contributed by atoms with E-state index in [1.165, 1.54) is 6.33 Å². The van der Waals surface area contributed by atoms with Crippen molar-refractivity contribution in [3.8, 4) is 5.69 Å². The SMILES string of the molecule is CCC(C)CC(O)Nc1ccc(-n2ncc3c(NC)ncnc32)cc1. The van der Waals surface area contributed by atoms with Crippen molar-refractivity contribution in [2.75, 3.05) is 17.7 Å². The third kappa shape index (κ3) is 3.71. The van der Waals surface area contributed by atoms with Crippen molar-refractivity contribution >= 4 is 22.5 Å². The molecule has 0 spiro atoms. The maximum atomic E-state index is 10.1. The molecule has 3 rings (SSSR count). The molecule has 0 radical (unpaired) electrons. The molecular weight excluding hydrogens is 316 g/mol. The van der Waals surface area contributed by atoms with Crippen LogP contribution in [0.4, 0.5) is 11.5 Å². The Hall–Kier alpha value is -2.67. The molecule has 132 valence electrons. The zero-order chi connectivity index (χ0) is 17.8. The first-order valence-electron chi connectivity index (χ1n) is 8.54. The number of rotatable bonds is 7. The summed E-state index contributed by atoms with van der Waals surface area (Å²) in [6.45, 7) is 4.27. The van der Waals surface area contributed by atoms with Crippen molar-refractivity contribution in [1.82, 2.24) is 19.7 Å². The van der Waals surface area contributed by atoms with Crippen LogP contribution in [0.5, 0.6) is 0 Å². The Bertz CT molecular complexity index is 829. The molecule has 2 heterocycles. The third-order valence-electron chi connectivity index (χ3n) is 4.37. The number of fused-ring (bicyclic) bond motifs is 1. The summed E-state index contributed by atoms with van der Waals surface area (Å²) in [7, 11) is 1.82. The molecule has 2 unspecified atom stereocenters. The van der Waals surface area contributed by atoms with E-state index in [4.69, 9.17) is 0 Å². The summed E-state index contributed by atoms with van der Waals surface area (Å²) in [5, 5.41) is 21.6. The summed E-state index contributed by atoms with van der Waals surface area (Å²) in [4.78, 5) is 8.53. The third-order valence-corrected chi connectivity index (χ3v) is 4.37. The summed E-state index contributed by atoms with van der Waals surface area (Å²) >= 11 is 0. The number of hydrogen-bond donors (Lipinski definition) is 3. The van der Waals surface area contributed by atoms with Crippen molar-refractivity contribution in [3.63, 3.8) is 0 Å².